The fraction of sp³-hybridized carbons (Fsp3) is 0.727. The largest absolute Gasteiger partial charge is 0.479 e. The van der Waals surface area contributed by atoms with Crippen LogP contribution in [0, 0.1) is 0 Å². The van der Waals surface area contributed by atoms with Crippen molar-refractivity contribution in [3.8, 4) is 0 Å². The molecule has 0 rings (SSSR count). The molecule has 0 bridgehead atoms. The standard InChI is InChI=1S/C11H21N3O5/c1-10(2,3)14-7(15)5-12-9(18)13-6-11(4,19)8(16)17/h19H,5-6H2,1-4H3,(H,14,15)(H,16,17)(H2,12,13,18). The summed E-state index contributed by atoms with van der Waals surface area (Å²) in [6.45, 7) is 5.76. The number of aliphatic carboxylic acids is 1. The third-order valence-electron chi connectivity index (χ3n) is 1.98. The van der Waals surface area contributed by atoms with Gasteiger partial charge >= 0.3 is 12.0 Å². The molecule has 3 amide bonds. The minimum absolute atomic E-state index is 0.238. The molecule has 1 unspecified atom stereocenters. The molecule has 8 nitrogen and oxygen atoms in total. The minimum Gasteiger partial charge on any atom is -0.479 e. The molecular formula is C11H21N3O5. The van der Waals surface area contributed by atoms with Gasteiger partial charge in [0, 0.05) is 5.54 Å². The van der Waals surface area contributed by atoms with E-state index in [2.05, 4.69) is 16.0 Å². The van der Waals surface area contributed by atoms with Crippen LogP contribution in [0.2, 0.25) is 0 Å². The highest BCUT2D eigenvalue weighted by Crippen LogP contribution is 2.00. The van der Waals surface area contributed by atoms with E-state index in [1.165, 1.54) is 0 Å². The molecule has 0 saturated heterocycles. The van der Waals surface area contributed by atoms with Crippen LogP contribution < -0.4 is 16.0 Å². The second-order valence-electron chi connectivity index (χ2n) is 5.41. The van der Waals surface area contributed by atoms with Gasteiger partial charge in [-0.15, -0.1) is 0 Å². The number of carbonyl (C=O) groups is 3. The Morgan fingerprint density at radius 2 is 1.58 bits per heavy atom. The van der Waals surface area contributed by atoms with Crippen molar-refractivity contribution in [2.45, 2.75) is 38.8 Å². The maximum atomic E-state index is 11.4. The van der Waals surface area contributed by atoms with Gasteiger partial charge in [-0.1, -0.05) is 0 Å². The fourth-order valence-corrected chi connectivity index (χ4v) is 1.01. The Bertz CT molecular complexity index is 360. The Kier molecular flexibility index (Phi) is 5.76. The van der Waals surface area contributed by atoms with Gasteiger partial charge in [0.25, 0.3) is 0 Å². The minimum atomic E-state index is -2.05. The second kappa shape index (κ2) is 6.37. The third kappa shape index (κ3) is 7.98. The molecule has 0 heterocycles. The lowest BCUT2D eigenvalue weighted by Crippen LogP contribution is -2.51. The van der Waals surface area contributed by atoms with Crippen LogP contribution in [0.15, 0.2) is 0 Å². The molecular weight excluding hydrogens is 254 g/mol. The molecule has 19 heavy (non-hydrogen) atoms. The number of nitrogens with one attached hydrogen (secondary N) is 3. The molecule has 0 aromatic carbocycles. The van der Waals surface area contributed by atoms with Crippen LogP contribution in [0.5, 0.6) is 0 Å². The summed E-state index contributed by atoms with van der Waals surface area (Å²) >= 11 is 0. The number of aliphatic hydroxyl groups is 1. The van der Waals surface area contributed by atoms with Crippen molar-refractivity contribution in [2.24, 2.45) is 0 Å². The highest BCUT2D eigenvalue weighted by atomic mass is 16.4. The molecule has 0 radical (unpaired) electrons. The van der Waals surface area contributed by atoms with E-state index in [4.69, 9.17) is 5.11 Å². The van der Waals surface area contributed by atoms with E-state index in [9.17, 15) is 19.5 Å². The molecule has 0 fully saturated rings. The van der Waals surface area contributed by atoms with Gasteiger partial charge in [-0.05, 0) is 27.7 Å². The first kappa shape index (κ1) is 17.2. The van der Waals surface area contributed by atoms with Crippen LogP contribution in [0.4, 0.5) is 4.79 Å². The van der Waals surface area contributed by atoms with Gasteiger partial charge in [-0.25, -0.2) is 9.59 Å². The van der Waals surface area contributed by atoms with Crippen molar-refractivity contribution in [1.82, 2.24) is 16.0 Å². The van der Waals surface area contributed by atoms with Gasteiger partial charge in [0.1, 0.15) is 0 Å². The van der Waals surface area contributed by atoms with Crippen molar-refractivity contribution < 1.29 is 24.6 Å². The van der Waals surface area contributed by atoms with Crippen molar-refractivity contribution in [3.05, 3.63) is 0 Å². The first-order chi connectivity index (χ1) is 8.44. The molecule has 0 spiro atoms. The fourth-order valence-electron chi connectivity index (χ4n) is 1.01. The lowest BCUT2D eigenvalue weighted by Gasteiger charge is -2.21. The monoisotopic (exact) mass is 275 g/mol. The zero-order valence-corrected chi connectivity index (χ0v) is 11.5. The summed E-state index contributed by atoms with van der Waals surface area (Å²) in [5.74, 6) is -1.81. The summed E-state index contributed by atoms with van der Waals surface area (Å²) in [6.07, 6.45) is 0. The first-order valence-electron chi connectivity index (χ1n) is 5.72. The van der Waals surface area contributed by atoms with Gasteiger partial charge in [-0.2, -0.15) is 0 Å². The molecule has 1 atom stereocenters. The molecule has 0 aromatic rings. The van der Waals surface area contributed by atoms with Gasteiger partial charge in [0.05, 0.1) is 13.1 Å². The van der Waals surface area contributed by atoms with Crippen molar-refractivity contribution >= 4 is 17.9 Å². The first-order valence-corrected chi connectivity index (χ1v) is 5.72. The number of carbonyl (C=O) groups excluding carboxylic acids is 2. The Labute approximate surface area is 111 Å². The predicted octanol–water partition coefficient (Wildman–Crippen LogP) is -0.964. The number of urea groups is 1. The molecule has 5 N–H and O–H groups in total. The summed E-state index contributed by atoms with van der Waals surface area (Å²) < 4.78 is 0. The Morgan fingerprint density at radius 3 is 2.00 bits per heavy atom. The van der Waals surface area contributed by atoms with Crippen LogP contribution in [-0.4, -0.2) is 52.4 Å². The number of hydrogen-bond acceptors (Lipinski definition) is 4. The Hall–Kier alpha value is -1.83. The number of rotatable bonds is 5. The molecule has 0 aliphatic heterocycles. The average Bonchev–Trinajstić information content (AvgIpc) is 2.21. The predicted molar refractivity (Wildman–Crippen MR) is 67.6 cm³/mol. The van der Waals surface area contributed by atoms with Gasteiger partial charge in [0.15, 0.2) is 5.60 Å². The van der Waals surface area contributed by atoms with Crippen molar-refractivity contribution in [1.29, 1.82) is 0 Å². The molecule has 0 aromatic heterocycles. The average molecular weight is 275 g/mol. The van der Waals surface area contributed by atoms with Crippen LogP contribution in [0.25, 0.3) is 0 Å². The van der Waals surface area contributed by atoms with Crippen LogP contribution >= 0.6 is 0 Å². The number of carboxylic acid groups (broad SMARTS) is 1. The van der Waals surface area contributed by atoms with E-state index in [-0.39, 0.29) is 12.5 Å². The zero-order valence-electron chi connectivity index (χ0n) is 11.5. The summed E-state index contributed by atoms with van der Waals surface area (Å²) in [6, 6.07) is -0.731. The Morgan fingerprint density at radius 1 is 1.05 bits per heavy atom. The summed E-state index contributed by atoms with van der Waals surface area (Å²) in [4.78, 5) is 33.2. The number of carboxylic acids is 1. The smallest absolute Gasteiger partial charge is 0.337 e. The highest BCUT2D eigenvalue weighted by molar-refractivity contribution is 5.84. The zero-order chi connectivity index (χ0) is 15.3. The van der Waals surface area contributed by atoms with E-state index in [0.717, 1.165) is 6.92 Å². The van der Waals surface area contributed by atoms with Crippen LogP contribution in [0.1, 0.15) is 27.7 Å². The van der Waals surface area contributed by atoms with E-state index in [1.807, 2.05) is 0 Å². The van der Waals surface area contributed by atoms with Crippen LogP contribution in [0.3, 0.4) is 0 Å². The summed E-state index contributed by atoms with van der Waals surface area (Å²) in [5.41, 5.74) is -2.45. The topological polar surface area (TPSA) is 128 Å². The summed E-state index contributed by atoms with van der Waals surface area (Å²) in [7, 11) is 0. The van der Waals surface area contributed by atoms with Gasteiger partial charge in [-0.3, -0.25) is 4.79 Å². The second-order valence-corrected chi connectivity index (χ2v) is 5.41. The molecule has 0 aliphatic rings. The van der Waals surface area contributed by atoms with E-state index >= 15 is 0 Å². The van der Waals surface area contributed by atoms with Gasteiger partial charge in [0.2, 0.25) is 5.91 Å². The van der Waals surface area contributed by atoms with Crippen molar-refractivity contribution in [2.75, 3.05) is 13.1 Å². The number of amides is 3. The molecule has 0 saturated carbocycles. The van der Waals surface area contributed by atoms with E-state index in [1.54, 1.807) is 20.8 Å². The van der Waals surface area contributed by atoms with E-state index in [0.29, 0.717) is 0 Å². The normalized spacial score (nSPS) is 14.2. The highest BCUT2D eigenvalue weighted by Gasteiger charge is 2.30. The lowest BCUT2D eigenvalue weighted by molar-refractivity contribution is -0.155. The molecule has 110 valence electrons. The molecule has 0 aliphatic carbocycles. The van der Waals surface area contributed by atoms with Crippen LogP contribution in [-0.2, 0) is 9.59 Å². The SMILES string of the molecule is CC(C)(C)NC(=O)CNC(=O)NCC(C)(O)C(=O)O. The maximum absolute atomic E-state index is 11.4. The maximum Gasteiger partial charge on any atom is 0.337 e. The molecule has 8 heteroatoms. The van der Waals surface area contributed by atoms with Crippen molar-refractivity contribution in [3.63, 3.8) is 0 Å². The summed E-state index contributed by atoms with van der Waals surface area (Å²) in [5, 5.41) is 25.0. The lowest BCUT2D eigenvalue weighted by atomic mass is 10.1. The quantitative estimate of drug-likeness (QED) is 0.441. The van der Waals surface area contributed by atoms with Gasteiger partial charge < -0.3 is 26.2 Å². The Balaban J connectivity index is 4.01. The van der Waals surface area contributed by atoms with E-state index < -0.39 is 29.7 Å². The number of hydrogen-bond donors (Lipinski definition) is 5. The third-order valence-corrected chi connectivity index (χ3v) is 1.98.